The van der Waals surface area contributed by atoms with Crippen LogP contribution in [0.5, 0.6) is 0 Å². The van der Waals surface area contributed by atoms with Gasteiger partial charge < -0.3 is 10.6 Å². The molecule has 0 aliphatic carbocycles. The van der Waals surface area contributed by atoms with E-state index in [4.69, 9.17) is 5.73 Å². The minimum Gasteiger partial charge on any atom is -0.328 e. The molecule has 80 valence electrons. The second kappa shape index (κ2) is 7.34. The fourth-order valence-electron chi connectivity index (χ4n) is 1.56. The average molecular weight is 186 g/mol. The van der Waals surface area contributed by atoms with Crippen molar-refractivity contribution in [3.8, 4) is 0 Å². The molecule has 0 radical (unpaired) electrons. The molecule has 0 amide bonds. The van der Waals surface area contributed by atoms with E-state index in [2.05, 4.69) is 32.6 Å². The van der Waals surface area contributed by atoms with Crippen molar-refractivity contribution in [1.82, 2.24) is 4.90 Å². The Labute approximate surface area is 83.5 Å². The molecular weight excluding hydrogens is 160 g/mol. The molecule has 0 bridgehead atoms. The summed E-state index contributed by atoms with van der Waals surface area (Å²) < 4.78 is 0. The van der Waals surface area contributed by atoms with Crippen molar-refractivity contribution in [2.45, 2.75) is 59.0 Å². The summed E-state index contributed by atoms with van der Waals surface area (Å²) in [5.41, 5.74) is 5.69. The Bertz CT molecular complexity index is 111. The molecule has 0 spiro atoms. The standard InChI is InChI=1S/C11H26N2/c1-5-13(10(2)3)9-7-6-8-11(4)12/h10-11H,5-9,12H2,1-4H3. The molecule has 1 atom stereocenters. The Morgan fingerprint density at radius 2 is 1.77 bits per heavy atom. The summed E-state index contributed by atoms with van der Waals surface area (Å²) in [6.07, 6.45) is 3.71. The highest BCUT2D eigenvalue weighted by atomic mass is 15.1. The third-order valence-electron chi connectivity index (χ3n) is 2.49. The van der Waals surface area contributed by atoms with Crippen LogP contribution in [-0.4, -0.2) is 30.1 Å². The molecule has 0 aromatic rings. The van der Waals surface area contributed by atoms with Gasteiger partial charge in [-0.05, 0) is 46.7 Å². The summed E-state index contributed by atoms with van der Waals surface area (Å²) in [5, 5.41) is 0. The summed E-state index contributed by atoms with van der Waals surface area (Å²) in [4.78, 5) is 2.50. The number of nitrogens with two attached hydrogens (primary N) is 1. The molecule has 0 aliphatic heterocycles. The second-order valence-corrected chi connectivity index (χ2v) is 4.20. The van der Waals surface area contributed by atoms with Crippen LogP contribution in [0.25, 0.3) is 0 Å². The van der Waals surface area contributed by atoms with Gasteiger partial charge in [0.1, 0.15) is 0 Å². The largest absolute Gasteiger partial charge is 0.328 e. The van der Waals surface area contributed by atoms with Crippen LogP contribution in [0.1, 0.15) is 47.0 Å². The lowest BCUT2D eigenvalue weighted by Gasteiger charge is -2.24. The molecule has 13 heavy (non-hydrogen) atoms. The summed E-state index contributed by atoms with van der Waals surface area (Å²) in [5.74, 6) is 0. The Kier molecular flexibility index (Phi) is 7.29. The summed E-state index contributed by atoms with van der Waals surface area (Å²) in [6, 6.07) is 1.05. The third-order valence-corrected chi connectivity index (χ3v) is 2.49. The lowest BCUT2D eigenvalue weighted by atomic mass is 10.1. The summed E-state index contributed by atoms with van der Waals surface area (Å²) in [6.45, 7) is 11.2. The zero-order chi connectivity index (χ0) is 10.3. The van der Waals surface area contributed by atoms with Gasteiger partial charge >= 0.3 is 0 Å². The summed E-state index contributed by atoms with van der Waals surface area (Å²) in [7, 11) is 0. The van der Waals surface area contributed by atoms with Gasteiger partial charge in [0.15, 0.2) is 0 Å². The van der Waals surface area contributed by atoms with Gasteiger partial charge in [-0.1, -0.05) is 13.3 Å². The number of hydrogen-bond donors (Lipinski definition) is 1. The van der Waals surface area contributed by atoms with Crippen LogP contribution >= 0.6 is 0 Å². The topological polar surface area (TPSA) is 29.3 Å². The van der Waals surface area contributed by atoms with E-state index in [9.17, 15) is 0 Å². The lowest BCUT2D eigenvalue weighted by molar-refractivity contribution is 0.228. The fourth-order valence-corrected chi connectivity index (χ4v) is 1.56. The molecule has 0 aromatic carbocycles. The van der Waals surface area contributed by atoms with Gasteiger partial charge in [0.05, 0.1) is 0 Å². The zero-order valence-electron chi connectivity index (χ0n) is 9.71. The van der Waals surface area contributed by atoms with Crippen molar-refractivity contribution in [3.05, 3.63) is 0 Å². The van der Waals surface area contributed by atoms with E-state index in [1.165, 1.54) is 19.4 Å². The highest BCUT2D eigenvalue weighted by molar-refractivity contribution is 4.61. The Morgan fingerprint density at radius 3 is 2.15 bits per heavy atom. The number of nitrogens with zero attached hydrogens (tertiary/aromatic N) is 1. The molecule has 2 heteroatoms. The van der Waals surface area contributed by atoms with Gasteiger partial charge in [-0.25, -0.2) is 0 Å². The van der Waals surface area contributed by atoms with Crippen molar-refractivity contribution in [2.24, 2.45) is 5.73 Å². The number of rotatable bonds is 7. The van der Waals surface area contributed by atoms with Crippen LogP contribution in [0.3, 0.4) is 0 Å². The first-order chi connectivity index (χ1) is 6.07. The first kappa shape index (κ1) is 12.9. The Balaban J connectivity index is 3.39. The molecule has 1 unspecified atom stereocenters. The number of hydrogen-bond acceptors (Lipinski definition) is 2. The molecule has 0 heterocycles. The number of unbranched alkanes of at least 4 members (excludes halogenated alkanes) is 1. The quantitative estimate of drug-likeness (QED) is 0.618. The van der Waals surface area contributed by atoms with Crippen LogP contribution in [0.4, 0.5) is 0 Å². The molecular formula is C11H26N2. The molecule has 0 saturated carbocycles. The maximum Gasteiger partial charge on any atom is 0.00384 e. The van der Waals surface area contributed by atoms with E-state index in [0.29, 0.717) is 12.1 Å². The molecule has 2 nitrogen and oxygen atoms in total. The molecule has 2 N–H and O–H groups in total. The predicted octanol–water partition coefficient (Wildman–Crippen LogP) is 2.23. The van der Waals surface area contributed by atoms with E-state index in [1.54, 1.807) is 0 Å². The first-order valence-electron chi connectivity index (χ1n) is 5.57. The van der Waals surface area contributed by atoms with E-state index < -0.39 is 0 Å². The van der Waals surface area contributed by atoms with E-state index in [-0.39, 0.29) is 0 Å². The molecule has 0 aliphatic rings. The van der Waals surface area contributed by atoms with Crippen LogP contribution in [-0.2, 0) is 0 Å². The SMILES string of the molecule is CCN(CCCCC(C)N)C(C)C. The van der Waals surface area contributed by atoms with Crippen LogP contribution in [0.2, 0.25) is 0 Å². The smallest absolute Gasteiger partial charge is 0.00384 e. The van der Waals surface area contributed by atoms with Gasteiger partial charge in [0.2, 0.25) is 0 Å². The third kappa shape index (κ3) is 7.03. The monoisotopic (exact) mass is 186 g/mol. The minimum atomic E-state index is 0.370. The normalized spacial score (nSPS) is 14.1. The molecule has 0 saturated heterocycles. The van der Waals surface area contributed by atoms with Crippen LogP contribution in [0, 0.1) is 0 Å². The molecule has 0 fully saturated rings. The van der Waals surface area contributed by atoms with Crippen LogP contribution < -0.4 is 5.73 Å². The highest BCUT2D eigenvalue weighted by Crippen LogP contribution is 2.03. The van der Waals surface area contributed by atoms with Gasteiger partial charge in [-0.15, -0.1) is 0 Å². The van der Waals surface area contributed by atoms with E-state index in [1.807, 2.05) is 0 Å². The highest BCUT2D eigenvalue weighted by Gasteiger charge is 2.05. The fraction of sp³-hybridized carbons (Fsp3) is 1.00. The first-order valence-corrected chi connectivity index (χ1v) is 5.57. The zero-order valence-corrected chi connectivity index (χ0v) is 9.71. The Morgan fingerprint density at radius 1 is 1.15 bits per heavy atom. The van der Waals surface area contributed by atoms with Crippen molar-refractivity contribution >= 4 is 0 Å². The minimum absolute atomic E-state index is 0.370. The van der Waals surface area contributed by atoms with Gasteiger partial charge in [-0.3, -0.25) is 0 Å². The van der Waals surface area contributed by atoms with Gasteiger partial charge in [-0.2, -0.15) is 0 Å². The average Bonchev–Trinajstić information content (AvgIpc) is 2.03. The maximum atomic E-state index is 5.69. The maximum absolute atomic E-state index is 5.69. The van der Waals surface area contributed by atoms with Crippen molar-refractivity contribution < 1.29 is 0 Å². The van der Waals surface area contributed by atoms with Gasteiger partial charge in [0, 0.05) is 12.1 Å². The molecule has 0 rings (SSSR count). The summed E-state index contributed by atoms with van der Waals surface area (Å²) >= 11 is 0. The van der Waals surface area contributed by atoms with E-state index >= 15 is 0 Å². The van der Waals surface area contributed by atoms with Crippen molar-refractivity contribution in [2.75, 3.05) is 13.1 Å². The van der Waals surface area contributed by atoms with E-state index in [0.717, 1.165) is 13.0 Å². The van der Waals surface area contributed by atoms with Crippen molar-refractivity contribution in [1.29, 1.82) is 0 Å². The predicted molar refractivity (Wildman–Crippen MR) is 59.9 cm³/mol. The lowest BCUT2D eigenvalue weighted by Crippen LogP contribution is -2.31. The van der Waals surface area contributed by atoms with Gasteiger partial charge in [0.25, 0.3) is 0 Å². The Hall–Kier alpha value is -0.0800. The second-order valence-electron chi connectivity index (χ2n) is 4.20. The van der Waals surface area contributed by atoms with Crippen LogP contribution in [0.15, 0.2) is 0 Å². The molecule has 0 aromatic heterocycles. The van der Waals surface area contributed by atoms with Crippen molar-refractivity contribution in [3.63, 3.8) is 0 Å².